The van der Waals surface area contributed by atoms with E-state index in [0.29, 0.717) is 43.5 Å². The molecule has 236 valence electrons. The number of carbonyl (C=O) groups is 2. The molecule has 0 unspecified atom stereocenters. The Bertz CT molecular complexity index is 1300. The summed E-state index contributed by atoms with van der Waals surface area (Å²) in [5.74, 6) is 0.665. The Labute approximate surface area is 263 Å². The molecule has 3 amide bonds. The summed E-state index contributed by atoms with van der Waals surface area (Å²) in [6.45, 7) is 3.36. The van der Waals surface area contributed by atoms with Crippen LogP contribution < -0.4 is 26.0 Å². The fourth-order valence-corrected chi connectivity index (χ4v) is 4.94. The van der Waals surface area contributed by atoms with E-state index in [-0.39, 0.29) is 36.8 Å². The Morgan fingerprint density at radius 1 is 0.909 bits per heavy atom. The number of phenols is 1. The van der Waals surface area contributed by atoms with Gasteiger partial charge in [-0.05, 0) is 85.5 Å². The summed E-state index contributed by atoms with van der Waals surface area (Å²) in [5.41, 5.74) is 3.22. The fourth-order valence-electron chi connectivity index (χ4n) is 4.81. The van der Waals surface area contributed by atoms with Crippen molar-refractivity contribution < 1.29 is 24.5 Å². The molecule has 11 heteroatoms. The van der Waals surface area contributed by atoms with E-state index in [0.717, 1.165) is 37.1 Å². The van der Waals surface area contributed by atoms with Crippen LogP contribution in [0.1, 0.15) is 30.4 Å². The summed E-state index contributed by atoms with van der Waals surface area (Å²) < 4.78 is 5.53. The molecule has 0 radical (unpaired) electrons. The van der Waals surface area contributed by atoms with Crippen molar-refractivity contribution in [1.29, 1.82) is 0 Å². The number of rotatable bonds is 15. The van der Waals surface area contributed by atoms with Gasteiger partial charge in [0, 0.05) is 55.9 Å². The summed E-state index contributed by atoms with van der Waals surface area (Å²) in [6.07, 6.45) is 2.12. The number of ether oxygens (including phenoxy) is 1. The monoisotopic (exact) mass is 623 g/mol. The SMILES string of the molecule is O=C(CCNC(=O)N1CCC(Nc2ccc(CCNC[C@H](O)COc3ccc(O)cc3)cc2)CC1)NCc1ccc(Cl)cc1. The molecule has 3 aromatic carbocycles. The number of aliphatic hydroxyl groups excluding tert-OH is 1. The second-order valence-electron chi connectivity index (χ2n) is 10.9. The zero-order valence-electron chi connectivity index (χ0n) is 24.8. The Morgan fingerprint density at radius 2 is 1.59 bits per heavy atom. The van der Waals surface area contributed by atoms with Crippen molar-refractivity contribution >= 4 is 29.2 Å². The van der Waals surface area contributed by atoms with Crippen molar-refractivity contribution in [2.75, 3.05) is 44.6 Å². The molecule has 6 N–H and O–H groups in total. The maximum absolute atomic E-state index is 12.6. The van der Waals surface area contributed by atoms with E-state index in [9.17, 15) is 19.8 Å². The molecule has 0 aromatic heterocycles. The molecule has 0 bridgehead atoms. The first-order valence-corrected chi connectivity index (χ1v) is 15.4. The second-order valence-corrected chi connectivity index (χ2v) is 11.3. The average molecular weight is 624 g/mol. The van der Waals surface area contributed by atoms with Crippen molar-refractivity contribution in [1.82, 2.24) is 20.9 Å². The van der Waals surface area contributed by atoms with E-state index in [1.54, 1.807) is 41.3 Å². The minimum Gasteiger partial charge on any atom is -0.508 e. The van der Waals surface area contributed by atoms with Crippen LogP contribution in [-0.4, -0.2) is 78.5 Å². The quantitative estimate of drug-likeness (QED) is 0.141. The van der Waals surface area contributed by atoms with Crippen LogP contribution in [0.2, 0.25) is 5.02 Å². The number of nitrogens with one attached hydrogen (secondary N) is 4. The van der Waals surface area contributed by atoms with Crippen molar-refractivity contribution in [3.63, 3.8) is 0 Å². The van der Waals surface area contributed by atoms with Crippen LogP contribution in [-0.2, 0) is 17.8 Å². The second kappa shape index (κ2) is 17.3. The van der Waals surface area contributed by atoms with Gasteiger partial charge in [0.05, 0.1) is 0 Å². The highest BCUT2D eigenvalue weighted by atomic mass is 35.5. The number of carbonyl (C=O) groups excluding carboxylic acids is 2. The van der Waals surface area contributed by atoms with Crippen LogP contribution in [0.3, 0.4) is 0 Å². The van der Waals surface area contributed by atoms with E-state index < -0.39 is 6.10 Å². The van der Waals surface area contributed by atoms with E-state index in [2.05, 4.69) is 45.5 Å². The van der Waals surface area contributed by atoms with Crippen LogP contribution in [0.15, 0.2) is 72.8 Å². The Morgan fingerprint density at radius 3 is 2.30 bits per heavy atom. The normalized spacial score (nSPS) is 14.1. The van der Waals surface area contributed by atoms with E-state index in [4.69, 9.17) is 16.3 Å². The molecule has 1 heterocycles. The van der Waals surface area contributed by atoms with E-state index in [1.807, 2.05) is 12.1 Å². The van der Waals surface area contributed by atoms with Gasteiger partial charge >= 0.3 is 6.03 Å². The number of amides is 3. The molecule has 4 rings (SSSR count). The number of hydrogen-bond acceptors (Lipinski definition) is 7. The Kier molecular flexibility index (Phi) is 13.0. The van der Waals surface area contributed by atoms with Gasteiger partial charge in [-0.15, -0.1) is 0 Å². The number of halogens is 1. The van der Waals surface area contributed by atoms with Crippen LogP contribution in [0.5, 0.6) is 11.5 Å². The number of urea groups is 1. The Hall–Kier alpha value is -3.99. The molecule has 10 nitrogen and oxygen atoms in total. The van der Waals surface area contributed by atoms with Crippen molar-refractivity contribution in [2.45, 2.75) is 44.4 Å². The molecule has 1 fully saturated rings. The Balaban J connectivity index is 1.04. The van der Waals surface area contributed by atoms with Crippen LogP contribution >= 0.6 is 11.6 Å². The highest BCUT2D eigenvalue weighted by Crippen LogP contribution is 2.18. The zero-order chi connectivity index (χ0) is 31.1. The van der Waals surface area contributed by atoms with Gasteiger partial charge in [-0.3, -0.25) is 4.79 Å². The molecular weight excluding hydrogens is 582 g/mol. The molecule has 0 saturated carbocycles. The smallest absolute Gasteiger partial charge is 0.317 e. The van der Waals surface area contributed by atoms with Crippen LogP contribution in [0.25, 0.3) is 0 Å². The molecule has 1 aliphatic rings. The largest absolute Gasteiger partial charge is 0.508 e. The minimum atomic E-state index is -0.634. The van der Waals surface area contributed by atoms with Crippen molar-refractivity contribution in [2.24, 2.45) is 0 Å². The maximum Gasteiger partial charge on any atom is 0.317 e. The van der Waals surface area contributed by atoms with Gasteiger partial charge in [-0.1, -0.05) is 35.9 Å². The van der Waals surface area contributed by atoms with Gasteiger partial charge in [0.2, 0.25) is 5.91 Å². The average Bonchev–Trinajstić information content (AvgIpc) is 3.03. The maximum atomic E-state index is 12.6. The van der Waals surface area contributed by atoms with E-state index in [1.165, 1.54) is 5.56 Å². The topological polar surface area (TPSA) is 135 Å². The number of benzene rings is 3. The van der Waals surface area contributed by atoms with Crippen molar-refractivity contribution in [3.05, 3.63) is 88.9 Å². The predicted molar refractivity (Wildman–Crippen MR) is 172 cm³/mol. The molecule has 1 saturated heterocycles. The standard InChI is InChI=1S/C33H42ClN5O5/c34-26-5-1-25(2-6-26)21-37-32(42)14-18-36-33(43)39-19-15-28(16-20-39)38-27-7-3-24(4-8-27)13-17-35-22-30(41)23-44-31-11-9-29(40)10-12-31/h1-12,28,30,35,38,40-41H,13-23H2,(H,36,43)(H,37,42)/t30-/m0/s1. The van der Waals surface area contributed by atoms with Gasteiger partial charge in [0.1, 0.15) is 24.2 Å². The molecule has 0 spiro atoms. The van der Waals surface area contributed by atoms with Crippen LogP contribution in [0, 0.1) is 0 Å². The number of likely N-dealkylation sites (tertiary alicyclic amines) is 1. The lowest BCUT2D eigenvalue weighted by Crippen LogP contribution is -2.47. The third-order valence-corrected chi connectivity index (χ3v) is 7.64. The van der Waals surface area contributed by atoms with Crippen LogP contribution in [0.4, 0.5) is 10.5 Å². The number of aromatic hydroxyl groups is 1. The summed E-state index contributed by atoms with van der Waals surface area (Å²) in [7, 11) is 0. The number of nitrogens with zero attached hydrogens (tertiary/aromatic N) is 1. The van der Waals surface area contributed by atoms with Gasteiger partial charge < -0.3 is 41.1 Å². The van der Waals surface area contributed by atoms with Gasteiger partial charge in [0.15, 0.2) is 0 Å². The third kappa shape index (κ3) is 11.6. The number of anilines is 1. The van der Waals surface area contributed by atoms with Gasteiger partial charge in [-0.25, -0.2) is 4.79 Å². The number of hydrogen-bond donors (Lipinski definition) is 6. The summed E-state index contributed by atoms with van der Waals surface area (Å²) in [6, 6.07) is 22.2. The predicted octanol–water partition coefficient (Wildman–Crippen LogP) is 3.91. The molecule has 1 atom stereocenters. The van der Waals surface area contributed by atoms with Gasteiger partial charge in [0.25, 0.3) is 0 Å². The lowest BCUT2D eigenvalue weighted by atomic mass is 10.0. The first-order chi connectivity index (χ1) is 21.3. The van der Waals surface area contributed by atoms with Crippen molar-refractivity contribution in [3.8, 4) is 11.5 Å². The zero-order valence-corrected chi connectivity index (χ0v) is 25.6. The number of phenolic OH excluding ortho intramolecular Hbond substituents is 1. The summed E-state index contributed by atoms with van der Waals surface area (Å²) in [5, 5.41) is 32.6. The highest BCUT2D eigenvalue weighted by Gasteiger charge is 2.22. The minimum absolute atomic E-state index is 0.113. The fraction of sp³-hybridized carbons (Fsp3) is 0.394. The summed E-state index contributed by atoms with van der Waals surface area (Å²) in [4.78, 5) is 26.5. The summed E-state index contributed by atoms with van der Waals surface area (Å²) >= 11 is 5.88. The molecular formula is C33H42ClN5O5. The molecule has 1 aliphatic heterocycles. The number of piperidine rings is 1. The molecule has 0 aliphatic carbocycles. The third-order valence-electron chi connectivity index (χ3n) is 7.39. The lowest BCUT2D eigenvalue weighted by molar-refractivity contribution is -0.121. The first-order valence-electron chi connectivity index (χ1n) is 15.0. The molecule has 44 heavy (non-hydrogen) atoms. The highest BCUT2D eigenvalue weighted by molar-refractivity contribution is 6.30. The lowest BCUT2D eigenvalue weighted by Gasteiger charge is -2.33. The number of aliphatic hydroxyl groups is 1. The first kappa shape index (κ1) is 32.9. The van der Waals surface area contributed by atoms with E-state index >= 15 is 0 Å². The van der Waals surface area contributed by atoms with Gasteiger partial charge in [-0.2, -0.15) is 0 Å². The molecule has 3 aromatic rings.